The summed E-state index contributed by atoms with van der Waals surface area (Å²) in [6.07, 6.45) is 2.64. The smallest absolute Gasteiger partial charge is 0.00872 e. The van der Waals surface area contributed by atoms with Gasteiger partial charge in [0, 0.05) is 6.04 Å². The van der Waals surface area contributed by atoms with Crippen LogP contribution in [0.4, 0.5) is 0 Å². The summed E-state index contributed by atoms with van der Waals surface area (Å²) in [5.74, 6) is 0.840. The van der Waals surface area contributed by atoms with Crippen molar-refractivity contribution in [3.05, 3.63) is 0 Å². The van der Waals surface area contributed by atoms with Gasteiger partial charge in [-0.2, -0.15) is 0 Å². The Balaban J connectivity index is 3.43. The fraction of sp³-hybridized carbons (Fsp3) is 1.00. The first-order valence-corrected chi connectivity index (χ1v) is 5.57. The molecule has 0 aromatic heterocycles. The molecule has 0 rings (SSSR count). The summed E-state index contributed by atoms with van der Waals surface area (Å²) in [4.78, 5) is 0. The van der Waals surface area contributed by atoms with Gasteiger partial charge in [0.2, 0.25) is 0 Å². The van der Waals surface area contributed by atoms with Crippen molar-refractivity contribution in [1.82, 2.24) is 5.32 Å². The van der Waals surface area contributed by atoms with Gasteiger partial charge in [-0.3, -0.25) is 0 Å². The highest BCUT2D eigenvalue weighted by Crippen LogP contribution is 2.18. The number of hydrogen-bond acceptors (Lipinski definition) is 1. The second-order valence-corrected chi connectivity index (χ2v) is 5.58. The molecule has 0 aromatic rings. The van der Waals surface area contributed by atoms with Gasteiger partial charge in [-0.1, -0.05) is 34.6 Å². The first-order valence-electron chi connectivity index (χ1n) is 5.57. The second-order valence-electron chi connectivity index (χ2n) is 5.58. The topological polar surface area (TPSA) is 12.0 Å². The van der Waals surface area contributed by atoms with Gasteiger partial charge >= 0.3 is 0 Å². The van der Waals surface area contributed by atoms with Crippen LogP contribution in [0.3, 0.4) is 0 Å². The Kier molecular flexibility index (Phi) is 5.62. The predicted molar refractivity (Wildman–Crippen MR) is 61.0 cm³/mol. The summed E-state index contributed by atoms with van der Waals surface area (Å²) in [6.45, 7) is 14.9. The highest BCUT2D eigenvalue weighted by atomic mass is 14.9. The fourth-order valence-corrected chi connectivity index (χ4v) is 1.14. The van der Waals surface area contributed by atoms with Crippen molar-refractivity contribution >= 4 is 0 Å². The van der Waals surface area contributed by atoms with Gasteiger partial charge < -0.3 is 5.32 Å². The van der Waals surface area contributed by atoms with Crippen molar-refractivity contribution in [2.75, 3.05) is 6.54 Å². The predicted octanol–water partition coefficient (Wildman–Crippen LogP) is 3.45. The zero-order valence-electron chi connectivity index (χ0n) is 10.3. The van der Waals surface area contributed by atoms with Crippen LogP contribution in [0.2, 0.25) is 0 Å². The van der Waals surface area contributed by atoms with Crippen LogP contribution in [0.25, 0.3) is 0 Å². The average molecular weight is 185 g/mol. The molecule has 1 unspecified atom stereocenters. The summed E-state index contributed by atoms with van der Waals surface area (Å²) < 4.78 is 0. The Bertz CT molecular complexity index is 122. The van der Waals surface area contributed by atoms with Crippen LogP contribution in [0.5, 0.6) is 0 Å². The second kappa shape index (κ2) is 5.64. The maximum atomic E-state index is 3.58. The summed E-state index contributed by atoms with van der Waals surface area (Å²) in [6, 6.07) is 0.611. The molecule has 1 nitrogen and oxygen atoms in total. The maximum Gasteiger partial charge on any atom is 0.00872 e. The third-order valence-electron chi connectivity index (χ3n) is 2.71. The molecular formula is C12H27N. The van der Waals surface area contributed by atoms with Crippen molar-refractivity contribution in [3.63, 3.8) is 0 Å². The van der Waals surface area contributed by atoms with Gasteiger partial charge in [0.1, 0.15) is 0 Å². The van der Waals surface area contributed by atoms with Crippen LogP contribution in [0.1, 0.15) is 54.4 Å². The van der Waals surface area contributed by atoms with Crippen molar-refractivity contribution < 1.29 is 0 Å². The molecule has 1 N–H and O–H groups in total. The molecule has 0 amide bonds. The van der Waals surface area contributed by atoms with E-state index < -0.39 is 0 Å². The molecule has 0 fully saturated rings. The lowest BCUT2D eigenvalue weighted by Gasteiger charge is -2.28. The van der Waals surface area contributed by atoms with Crippen molar-refractivity contribution in [3.8, 4) is 0 Å². The number of rotatable bonds is 5. The lowest BCUT2D eigenvalue weighted by atomic mass is 9.88. The molecule has 0 heterocycles. The van der Waals surface area contributed by atoms with Gasteiger partial charge in [-0.05, 0) is 37.6 Å². The van der Waals surface area contributed by atoms with Crippen molar-refractivity contribution in [2.24, 2.45) is 11.3 Å². The van der Waals surface area contributed by atoms with E-state index >= 15 is 0 Å². The molecule has 0 radical (unpaired) electrons. The molecule has 0 saturated carbocycles. The van der Waals surface area contributed by atoms with Crippen LogP contribution in [0, 0.1) is 11.3 Å². The highest BCUT2D eigenvalue weighted by Gasteiger charge is 2.18. The molecule has 13 heavy (non-hydrogen) atoms. The molecule has 80 valence electrons. The van der Waals surface area contributed by atoms with Gasteiger partial charge in [0.15, 0.2) is 0 Å². The molecular weight excluding hydrogens is 158 g/mol. The van der Waals surface area contributed by atoms with Gasteiger partial charge in [0.25, 0.3) is 0 Å². The van der Waals surface area contributed by atoms with E-state index in [4.69, 9.17) is 0 Å². The van der Waals surface area contributed by atoms with Crippen LogP contribution < -0.4 is 5.32 Å². The summed E-state index contributed by atoms with van der Waals surface area (Å²) in [5.41, 5.74) is 0.387. The van der Waals surface area contributed by atoms with E-state index in [0.717, 1.165) is 12.5 Å². The largest absolute Gasteiger partial charge is 0.314 e. The first-order chi connectivity index (χ1) is 5.84. The quantitative estimate of drug-likeness (QED) is 0.647. The molecule has 0 spiro atoms. The van der Waals surface area contributed by atoms with Crippen LogP contribution in [-0.4, -0.2) is 12.6 Å². The minimum atomic E-state index is 0.387. The zero-order valence-corrected chi connectivity index (χ0v) is 10.3. The number of nitrogens with one attached hydrogen (secondary N) is 1. The normalized spacial score (nSPS) is 15.0. The van der Waals surface area contributed by atoms with Crippen LogP contribution in [-0.2, 0) is 0 Å². The lowest BCUT2D eigenvalue weighted by molar-refractivity contribution is 0.284. The van der Waals surface area contributed by atoms with Gasteiger partial charge in [-0.25, -0.2) is 0 Å². The van der Waals surface area contributed by atoms with Crippen molar-refractivity contribution in [1.29, 1.82) is 0 Å². The summed E-state index contributed by atoms with van der Waals surface area (Å²) in [7, 11) is 0. The van der Waals surface area contributed by atoms with E-state index in [1.807, 2.05) is 0 Å². The Labute approximate surface area is 84.3 Å². The lowest BCUT2D eigenvalue weighted by Crippen LogP contribution is -2.38. The van der Waals surface area contributed by atoms with E-state index in [1.54, 1.807) is 0 Å². The van der Waals surface area contributed by atoms with Crippen LogP contribution >= 0.6 is 0 Å². The third kappa shape index (κ3) is 7.06. The van der Waals surface area contributed by atoms with E-state index in [0.29, 0.717) is 11.5 Å². The Morgan fingerprint density at radius 1 is 1.08 bits per heavy atom. The zero-order chi connectivity index (χ0) is 10.5. The molecule has 1 atom stereocenters. The minimum absolute atomic E-state index is 0.387. The van der Waals surface area contributed by atoms with Crippen molar-refractivity contribution in [2.45, 2.75) is 60.4 Å². The molecule has 1 heteroatoms. The molecule has 0 aromatic carbocycles. The Hall–Kier alpha value is -0.0400. The van der Waals surface area contributed by atoms with E-state index in [9.17, 15) is 0 Å². The minimum Gasteiger partial charge on any atom is -0.314 e. The molecule has 0 aliphatic heterocycles. The van der Waals surface area contributed by atoms with Gasteiger partial charge in [-0.15, -0.1) is 0 Å². The van der Waals surface area contributed by atoms with Gasteiger partial charge in [0.05, 0.1) is 0 Å². The highest BCUT2D eigenvalue weighted by molar-refractivity contribution is 4.75. The molecule has 0 saturated heterocycles. The summed E-state index contributed by atoms with van der Waals surface area (Å²) in [5, 5.41) is 3.58. The first kappa shape index (κ1) is 13.0. The molecule has 0 aliphatic rings. The average Bonchev–Trinajstić information content (AvgIpc) is 1.95. The number of hydrogen-bond donors (Lipinski definition) is 1. The van der Waals surface area contributed by atoms with Crippen LogP contribution in [0.15, 0.2) is 0 Å². The Morgan fingerprint density at radius 2 is 1.62 bits per heavy atom. The SMILES string of the molecule is CC(C)CCCNC(C)C(C)(C)C. The molecule has 0 aliphatic carbocycles. The Morgan fingerprint density at radius 3 is 2.00 bits per heavy atom. The standard InChI is InChI=1S/C12H27N/c1-10(2)8-7-9-13-11(3)12(4,5)6/h10-11,13H,7-9H2,1-6H3. The summed E-state index contributed by atoms with van der Waals surface area (Å²) >= 11 is 0. The third-order valence-corrected chi connectivity index (χ3v) is 2.71. The maximum absolute atomic E-state index is 3.58. The van der Waals surface area contributed by atoms with E-state index in [2.05, 4.69) is 46.9 Å². The fourth-order valence-electron chi connectivity index (χ4n) is 1.14. The van der Waals surface area contributed by atoms with E-state index in [1.165, 1.54) is 12.8 Å². The monoisotopic (exact) mass is 185 g/mol. The molecule has 0 bridgehead atoms. The van der Waals surface area contributed by atoms with E-state index in [-0.39, 0.29) is 0 Å².